The zero-order chi connectivity index (χ0) is 19.1. The molecule has 4 nitrogen and oxygen atoms in total. The molecule has 1 N–H and O–H groups in total. The van der Waals surface area contributed by atoms with Crippen LogP contribution in [0.25, 0.3) is 0 Å². The number of hydrogen-bond acceptors (Lipinski definition) is 2. The van der Waals surface area contributed by atoms with Crippen LogP contribution in [0.3, 0.4) is 0 Å². The van der Waals surface area contributed by atoms with Crippen LogP contribution in [0.4, 0.5) is 5.69 Å². The van der Waals surface area contributed by atoms with Crippen LogP contribution in [0.5, 0.6) is 0 Å². The maximum Gasteiger partial charge on any atom is 0.255 e. The average molecular weight is 393 g/mol. The van der Waals surface area contributed by atoms with Crippen molar-refractivity contribution in [2.75, 3.05) is 18.4 Å². The Labute approximate surface area is 164 Å². The highest BCUT2D eigenvalue weighted by atomic mass is 35.5. The number of carbonyl (C=O) groups is 2. The van der Waals surface area contributed by atoms with Gasteiger partial charge in [-0.3, -0.25) is 9.59 Å². The quantitative estimate of drug-likeness (QED) is 0.675. The van der Waals surface area contributed by atoms with Crippen molar-refractivity contribution in [1.82, 2.24) is 4.90 Å². The van der Waals surface area contributed by atoms with Gasteiger partial charge in [0.05, 0.1) is 0 Å². The SMILES string of the molecule is CCCN(CCC)C(=O)c1cccc(NC(=O)c2cc(Cl)cc(Cl)c2)c1. The molecule has 2 amide bonds. The van der Waals surface area contributed by atoms with Crippen LogP contribution >= 0.6 is 23.2 Å². The third-order valence-electron chi connectivity index (χ3n) is 3.77. The minimum atomic E-state index is -0.335. The summed E-state index contributed by atoms with van der Waals surface area (Å²) in [4.78, 5) is 26.9. The summed E-state index contributed by atoms with van der Waals surface area (Å²) in [6, 6.07) is 11.6. The summed E-state index contributed by atoms with van der Waals surface area (Å²) >= 11 is 11.9. The van der Waals surface area contributed by atoms with Gasteiger partial charge in [0.2, 0.25) is 0 Å². The van der Waals surface area contributed by atoms with Gasteiger partial charge in [-0.1, -0.05) is 43.1 Å². The van der Waals surface area contributed by atoms with E-state index in [1.165, 1.54) is 0 Å². The van der Waals surface area contributed by atoms with Crippen molar-refractivity contribution in [2.45, 2.75) is 26.7 Å². The van der Waals surface area contributed by atoms with Gasteiger partial charge in [-0.2, -0.15) is 0 Å². The van der Waals surface area contributed by atoms with E-state index in [0.717, 1.165) is 12.8 Å². The molecule has 0 saturated heterocycles. The van der Waals surface area contributed by atoms with Crippen LogP contribution in [0.15, 0.2) is 42.5 Å². The second kappa shape index (κ2) is 9.60. The van der Waals surface area contributed by atoms with E-state index in [9.17, 15) is 9.59 Å². The van der Waals surface area contributed by atoms with Crippen molar-refractivity contribution in [3.63, 3.8) is 0 Å². The van der Waals surface area contributed by atoms with Crippen molar-refractivity contribution >= 4 is 40.7 Å². The van der Waals surface area contributed by atoms with E-state index in [1.54, 1.807) is 42.5 Å². The predicted molar refractivity (Wildman–Crippen MR) is 107 cm³/mol. The van der Waals surface area contributed by atoms with E-state index in [-0.39, 0.29) is 11.8 Å². The van der Waals surface area contributed by atoms with E-state index in [0.29, 0.717) is 39.9 Å². The molecule has 0 saturated carbocycles. The lowest BCUT2D eigenvalue weighted by atomic mass is 10.1. The van der Waals surface area contributed by atoms with Crippen molar-refractivity contribution in [1.29, 1.82) is 0 Å². The van der Waals surface area contributed by atoms with Crippen LogP contribution < -0.4 is 5.32 Å². The van der Waals surface area contributed by atoms with Gasteiger partial charge in [0.25, 0.3) is 11.8 Å². The minimum absolute atomic E-state index is 0.0319. The molecule has 6 heteroatoms. The molecule has 0 atom stereocenters. The average Bonchev–Trinajstić information content (AvgIpc) is 2.60. The van der Waals surface area contributed by atoms with Gasteiger partial charge in [-0.05, 0) is 49.2 Å². The smallest absolute Gasteiger partial charge is 0.255 e. The van der Waals surface area contributed by atoms with Gasteiger partial charge < -0.3 is 10.2 Å². The molecule has 0 radical (unpaired) electrons. The molecule has 2 rings (SSSR count). The number of nitrogens with zero attached hydrogens (tertiary/aromatic N) is 1. The molecule has 0 aliphatic carbocycles. The Kier molecular flexibility index (Phi) is 7.49. The van der Waals surface area contributed by atoms with E-state index in [4.69, 9.17) is 23.2 Å². The maximum absolute atomic E-state index is 12.7. The zero-order valence-corrected chi connectivity index (χ0v) is 16.4. The summed E-state index contributed by atoms with van der Waals surface area (Å²) in [7, 11) is 0. The van der Waals surface area contributed by atoms with Crippen LogP contribution in [0.1, 0.15) is 47.4 Å². The van der Waals surface area contributed by atoms with Crippen LogP contribution in [-0.4, -0.2) is 29.8 Å². The van der Waals surface area contributed by atoms with E-state index in [1.807, 2.05) is 18.7 Å². The monoisotopic (exact) mass is 392 g/mol. The summed E-state index contributed by atoms with van der Waals surface area (Å²) < 4.78 is 0. The third-order valence-corrected chi connectivity index (χ3v) is 4.20. The predicted octanol–water partition coefficient (Wildman–Crippen LogP) is 5.51. The highest BCUT2D eigenvalue weighted by molar-refractivity contribution is 6.35. The Balaban J connectivity index is 2.17. The maximum atomic E-state index is 12.7. The summed E-state index contributed by atoms with van der Waals surface area (Å²) in [6.07, 6.45) is 1.80. The molecule has 0 fully saturated rings. The summed E-state index contributed by atoms with van der Waals surface area (Å²) in [5.74, 6) is -0.367. The Morgan fingerprint density at radius 2 is 1.54 bits per heavy atom. The first-order valence-electron chi connectivity index (χ1n) is 8.61. The molecule has 0 heterocycles. The number of carbonyl (C=O) groups excluding carboxylic acids is 2. The molecule has 0 aliphatic heterocycles. The first-order valence-corrected chi connectivity index (χ1v) is 9.37. The molecule has 2 aromatic rings. The Morgan fingerprint density at radius 3 is 2.12 bits per heavy atom. The molecular weight excluding hydrogens is 371 g/mol. The normalized spacial score (nSPS) is 10.5. The topological polar surface area (TPSA) is 49.4 Å². The molecular formula is C20H22Cl2N2O2. The minimum Gasteiger partial charge on any atom is -0.339 e. The lowest BCUT2D eigenvalue weighted by molar-refractivity contribution is 0.0755. The molecule has 0 aromatic heterocycles. The lowest BCUT2D eigenvalue weighted by Crippen LogP contribution is -2.32. The van der Waals surface area contributed by atoms with Crippen molar-refractivity contribution in [3.8, 4) is 0 Å². The summed E-state index contributed by atoms with van der Waals surface area (Å²) in [5.41, 5.74) is 1.46. The van der Waals surface area contributed by atoms with Gasteiger partial charge in [0.1, 0.15) is 0 Å². The first-order chi connectivity index (χ1) is 12.4. The Hall–Kier alpha value is -2.04. The van der Waals surface area contributed by atoms with E-state index < -0.39 is 0 Å². The van der Waals surface area contributed by atoms with Crippen molar-refractivity contribution in [3.05, 3.63) is 63.6 Å². The number of rotatable bonds is 7. The van der Waals surface area contributed by atoms with Gasteiger partial charge >= 0.3 is 0 Å². The fraction of sp³-hybridized carbons (Fsp3) is 0.300. The van der Waals surface area contributed by atoms with Gasteiger partial charge in [-0.15, -0.1) is 0 Å². The fourth-order valence-corrected chi connectivity index (χ4v) is 3.18. The number of benzene rings is 2. The fourth-order valence-electron chi connectivity index (χ4n) is 2.66. The van der Waals surface area contributed by atoms with Gasteiger partial charge in [0, 0.05) is 39.9 Å². The lowest BCUT2D eigenvalue weighted by Gasteiger charge is -2.21. The van der Waals surface area contributed by atoms with Gasteiger partial charge in [-0.25, -0.2) is 0 Å². The Morgan fingerprint density at radius 1 is 0.923 bits per heavy atom. The standard InChI is InChI=1S/C20H22Cl2N2O2/c1-3-8-24(9-4-2)20(26)14-6-5-7-18(12-14)23-19(25)15-10-16(21)13-17(22)11-15/h5-7,10-13H,3-4,8-9H2,1-2H3,(H,23,25). The first kappa shape index (κ1) is 20.3. The number of nitrogens with one attached hydrogen (secondary N) is 1. The third kappa shape index (κ3) is 5.48. The van der Waals surface area contributed by atoms with E-state index in [2.05, 4.69) is 5.32 Å². The second-order valence-electron chi connectivity index (χ2n) is 5.99. The molecule has 0 bridgehead atoms. The van der Waals surface area contributed by atoms with Crippen LogP contribution in [0, 0.1) is 0 Å². The van der Waals surface area contributed by atoms with Crippen LogP contribution in [-0.2, 0) is 0 Å². The number of hydrogen-bond donors (Lipinski definition) is 1. The second-order valence-corrected chi connectivity index (χ2v) is 6.86. The highest BCUT2D eigenvalue weighted by Gasteiger charge is 2.15. The highest BCUT2D eigenvalue weighted by Crippen LogP contribution is 2.20. The van der Waals surface area contributed by atoms with Crippen LogP contribution in [0.2, 0.25) is 10.0 Å². The van der Waals surface area contributed by atoms with E-state index >= 15 is 0 Å². The van der Waals surface area contributed by atoms with Crippen molar-refractivity contribution in [2.24, 2.45) is 0 Å². The molecule has 0 aliphatic rings. The summed E-state index contributed by atoms with van der Waals surface area (Å²) in [5, 5.41) is 3.56. The largest absolute Gasteiger partial charge is 0.339 e. The molecule has 0 unspecified atom stereocenters. The molecule has 0 spiro atoms. The zero-order valence-electron chi connectivity index (χ0n) is 14.9. The molecule has 26 heavy (non-hydrogen) atoms. The number of halogens is 2. The molecule has 2 aromatic carbocycles. The van der Waals surface area contributed by atoms with Gasteiger partial charge in [0.15, 0.2) is 0 Å². The Bertz CT molecular complexity index is 767. The number of amides is 2. The number of anilines is 1. The molecule has 138 valence electrons. The van der Waals surface area contributed by atoms with Crippen molar-refractivity contribution < 1.29 is 9.59 Å². The summed E-state index contributed by atoms with van der Waals surface area (Å²) in [6.45, 7) is 5.51.